The molecule has 0 amide bonds. The molecule has 34 heavy (non-hydrogen) atoms. The van der Waals surface area contributed by atoms with E-state index in [9.17, 15) is 25.2 Å². The molecule has 10 heteroatoms. The first-order valence-corrected chi connectivity index (χ1v) is 11.2. The van der Waals surface area contributed by atoms with E-state index in [4.69, 9.17) is 14.2 Å². The number of aromatic amines is 1. The second-order valence-corrected chi connectivity index (χ2v) is 8.72. The van der Waals surface area contributed by atoms with Crippen LogP contribution in [-0.2, 0) is 14.3 Å². The van der Waals surface area contributed by atoms with Gasteiger partial charge in [-0.3, -0.25) is 0 Å². The van der Waals surface area contributed by atoms with Crippen LogP contribution in [0.15, 0.2) is 42.5 Å². The molecule has 0 unspecified atom stereocenters. The SMILES string of the molecule is CC(C)NC[C@@H](COc1cccc2[nH]c3ccccc3c12)O[C@H]1O[C@H](C(=O)O)[C@@H](O)[C@H](O)[C@H]1O. The van der Waals surface area contributed by atoms with Crippen molar-refractivity contribution in [3.63, 3.8) is 0 Å². The average Bonchev–Trinajstić information content (AvgIpc) is 3.19. The monoisotopic (exact) mass is 474 g/mol. The van der Waals surface area contributed by atoms with Gasteiger partial charge >= 0.3 is 5.97 Å². The van der Waals surface area contributed by atoms with Gasteiger partial charge in [-0.1, -0.05) is 38.1 Å². The maximum Gasteiger partial charge on any atom is 0.335 e. The zero-order chi connectivity index (χ0) is 24.4. The molecular formula is C24H30N2O8. The van der Waals surface area contributed by atoms with E-state index in [1.165, 1.54) is 0 Å². The van der Waals surface area contributed by atoms with E-state index in [0.29, 0.717) is 12.3 Å². The zero-order valence-electron chi connectivity index (χ0n) is 18.9. The quantitative estimate of drug-likeness (QED) is 0.266. The summed E-state index contributed by atoms with van der Waals surface area (Å²) in [6, 6.07) is 13.7. The minimum absolute atomic E-state index is 0.0569. The van der Waals surface area contributed by atoms with Crippen LogP contribution in [0.25, 0.3) is 21.8 Å². The number of carboxylic acid groups (broad SMARTS) is 1. The molecule has 0 spiro atoms. The fourth-order valence-electron chi connectivity index (χ4n) is 4.04. The van der Waals surface area contributed by atoms with Gasteiger partial charge in [0.2, 0.25) is 0 Å². The third kappa shape index (κ3) is 5.02. The van der Waals surface area contributed by atoms with Crippen molar-refractivity contribution in [2.75, 3.05) is 13.2 Å². The van der Waals surface area contributed by atoms with Gasteiger partial charge in [-0.25, -0.2) is 4.79 Å². The second kappa shape index (κ2) is 10.3. The number of para-hydroxylation sites is 1. The van der Waals surface area contributed by atoms with E-state index in [2.05, 4.69) is 10.3 Å². The Kier molecular flexibility index (Phi) is 7.36. The maximum absolute atomic E-state index is 11.4. The number of carbonyl (C=O) groups is 1. The van der Waals surface area contributed by atoms with Gasteiger partial charge in [-0.2, -0.15) is 0 Å². The molecule has 2 heterocycles. The number of H-pyrrole nitrogens is 1. The largest absolute Gasteiger partial charge is 0.490 e. The summed E-state index contributed by atoms with van der Waals surface area (Å²) in [7, 11) is 0. The summed E-state index contributed by atoms with van der Waals surface area (Å²) in [4.78, 5) is 14.8. The first-order valence-electron chi connectivity index (χ1n) is 11.2. The average molecular weight is 475 g/mol. The smallest absolute Gasteiger partial charge is 0.335 e. The number of hydrogen-bond donors (Lipinski definition) is 6. The lowest BCUT2D eigenvalue weighted by Crippen LogP contribution is -2.61. The standard InChI is InChI=1S/C24H30N2O8/c1-12(2)25-10-13(33-24-21(29)19(27)20(28)22(34-24)23(30)31)11-32-17-9-5-8-16-18(17)14-6-3-4-7-15(14)26-16/h3-9,12-13,19-22,24-29H,10-11H2,1-2H3,(H,30,31)/t13-,19-,20-,21+,22-,24-/m0/s1. The van der Waals surface area contributed by atoms with E-state index >= 15 is 0 Å². The molecule has 6 N–H and O–H groups in total. The lowest BCUT2D eigenvalue weighted by molar-refractivity contribution is -0.305. The summed E-state index contributed by atoms with van der Waals surface area (Å²) in [6.45, 7) is 4.28. The first kappa shape index (κ1) is 24.4. The summed E-state index contributed by atoms with van der Waals surface area (Å²) < 4.78 is 17.3. The van der Waals surface area contributed by atoms with E-state index < -0.39 is 42.8 Å². The number of aliphatic hydroxyl groups is 3. The minimum atomic E-state index is -1.78. The van der Waals surface area contributed by atoms with Crippen LogP contribution in [0.4, 0.5) is 0 Å². The predicted molar refractivity (Wildman–Crippen MR) is 124 cm³/mol. The lowest BCUT2D eigenvalue weighted by atomic mass is 9.99. The highest BCUT2D eigenvalue weighted by Crippen LogP contribution is 2.33. The summed E-state index contributed by atoms with van der Waals surface area (Å²) in [5.41, 5.74) is 1.90. The number of nitrogens with one attached hydrogen (secondary N) is 2. The number of rotatable bonds is 9. The van der Waals surface area contributed by atoms with Crippen molar-refractivity contribution in [2.24, 2.45) is 0 Å². The van der Waals surface area contributed by atoms with Crippen LogP contribution in [0.5, 0.6) is 5.75 Å². The molecular weight excluding hydrogens is 444 g/mol. The molecule has 0 saturated carbocycles. The van der Waals surface area contributed by atoms with Crippen molar-refractivity contribution < 1.29 is 39.4 Å². The van der Waals surface area contributed by atoms with E-state index in [1.54, 1.807) is 0 Å². The van der Waals surface area contributed by atoms with Gasteiger partial charge in [0.05, 0.1) is 5.52 Å². The van der Waals surface area contributed by atoms with Crippen molar-refractivity contribution in [1.82, 2.24) is 10.3 Å². The number of aliphatic carboxylic acids is 1. The Morgan fingerprint density at radius 2 is 1.79 bits per heavy atom. The Labute approximate surface area is 196 Å². The van der Waals surface area contributed by atoms with Gasteiger partial charge in [0.25, 0.3) is 0 Å². The van der Waals surface area contributed by atoms with Gasteiger partial charge < -0.3 is 44.9 Å². The van der Waals surface area contributed by atoms with Crippen molar-refractivity contribution >= 4 is 27.8 Å². The summed E-state index contributed by atoms with van der Waals surface area (Å²) in [5, 5.41) is 44.8. The molecule has 3 aromatic rings. The molecule has 1 aromatic heterocycles. The maximum atomic E-state index is 11.4. The second-order valence-electron chi connectivity index (χ2n) is 8.72. The number of aromatic nitrogens is 1. The Hall–Kier alpha value is -2.73. The number of benzene rings is 2. The van der Waals surface area contributed by atoms with Gasteiger partial charge in [-0.15, -0.1) is 0 Å². The Balaban J connectivity index is 1.54. The summed E-state index contributed by atoms with van der Waals surface area (Å²) >= 11 is 0. The van der Waals surface area contributed by atoms with E-state index in [0.717, 1.165) is 21.8 Å². The van der Waals surface area contributed by atoms with Crippen LogP contribution in [0.2, 0.25) is 0 Å². The van der Waals surface area contributed by atoms with Crippen LogP contribution in [-0.4, -0.2) is 87.4 Å². The topological polar surface area (TPSA) is 154 Å². The highest BCUT2D eigenvalue weighted by atomic mass is 16.7. The molecule has 0 bridgehead atoms. The number of ether oxygens (including phenoxy) is 3. The number of fused-ring (bicyclic) bond motifs is 3. The molecule has 184 valence electrons. The molecule has 1 saturated heterocycles. The third-order valence-electron chi connectivity index (χ3n) is 5.81. The van der Waals surface area contributed by atoms with Crippen LogP contribution in [0.1, 0.15) is 13.8 Å². The minimum Gasteiger partial charge on any atom is -0.490 e. The Bertz CT molecular complexity index is 1130. The summed E-state index contributed by atoms with van der Waals surface area (Å²) in [5.74, 6) is -0.830. The van der Waals surface area contributed by atoms with Gasteiger partial charge in [0.15, 0.2) is 12.4 Å². The van der Waals surface area contributed by atoms with E-state index in [1.807, 2.05) is 56.3 Å². The molecule has 2 aromatic carbocycles. The van der Waals surface area contributed by atoms with Gasteiger partial charge in [-0.05, 0) is 18.2 Å². The highest BCUT2D eigenvalue weighted by Gasteiger charge is 2.48. The number of hydrogen-bond acceptors (Lipinski definition) is 8. The van der Waals surface area contributed by atoms with Crippen LogP contribution in [0.3, 0.4) is 0 Å². The molecule has 0 radical (unpaired) electrons. The lowest BCUT2D eigenvalue weighted by Gasteiger charge is -2.39. The van der Waals surface area contributed by atoms with Crippen molar-refractivity contribution in [1.29, 1.82) is 0 Å². The van der Waals surface area contributed by atoms with Crippen molar-refractivity contribution in [3.05, 3.63) is 42.5 Å². The van der Waals surface area contributed by atoms with Gasteiger partial charge in [0, 0.05) is 28.9 Å². The first-order chi connectivity index (χ1) is 16.3. The molecule has 0 aliphatic carbocycles. The highest BCUT2D eigenvalue weighted by molar-refractivity contribution is 6.10. The molecule has 6 atom stereocenters. The summed E-state index contributed by atoms with van der Waals surface area (Å²) in [6.07, 6.45) is -9.02. The Morgan fingerprint density at radius 3 is 2.53 bits per heavy atom. The molecule has 1 fully saturated rings. The normalized spacial score (nSPS) is 26.2. The fraction of sp³-hybridized carbons (Fsp3) is 0.458. The van der Waals surface area contributed by atoms with E-state index in [-0.39, 0.29) is 12.6 Å². The number of carboxylic acids is 1. The predicted octanol–water partition coefficient (Wildman–Crippen LogP) is 0.975. The molecule has 10 nitrogen and oxygen atoms in total. The van der Waals surface area contributed by atoms with Crippen molar-refractivity contribution in [2.45, 2.75) is 56.7 Å². The molecule has 1 aliphatic rings. The van der Waals surface area contributed by atoms with Crippen LogP contribution >= 0.6 is 0 Å². The van der Waals surface area contributed by atoms with Crippen molar-refractivity contribution in [3.8, 4) is 5.75 Å². The van der Waals surface area contributed by atoms with Crippen LogP contribution in [0, 0.1) is 0 Å². The Morgan fingerprint density at radius 1 is 1.06 bits per heavy atom. The number of aliphatic hydroxyl groups excluding tert-OH is 3. The molecule has 1 aliphatic heterocycles. The van der Waals surface area contributed by atoms with Crippen LogP contribution < -0.4 is 10.1 Å². The molecule has 4 rings (SSSR count). The fourth-order valence-corrected chi connectivity index (χ4v) is 4.04. The van der Waals surface area contributed by atoms with Gasteiger partial charge in [0.1, 0.15) is 36.8 Å². The zero-order valence-corrected chi connectivity index (χ0v) is 18.9. The third-order valence-corrected chi connectivity index (χ3v) is 5.81.